The summed E-state index contributed by atoms with van der Waals surface area (Å²) in [4.78, 5) is 13.5. The molecule has 1 N–H and O–H groups in total. The predicted octanol–water partition coefficient (Wildman–Crippen LogP) is 5.21. The normalized spacial score (nSPS) is 12.5. The molecule has 0 saturated carbocycles. The Morgan fingerprint density at radius 1 is 1.23 bits per heavy atom. The molecular formula is C22H17ClN4O2S. The third-order valence-electron chi connectivity index (χ3n) is 4.86. The summed E-state index contributed by atoms with van der Waals surface area (Å²) in [5.41, 5.74) is 3.78. The number of rotatable bonds is 3. The van der Waals surface area contributed by atoms with Gasteiger partial charge in [0, 0.05) is 35.5 Å². The number of anilines is 1. The van der Waals surface area contributed by atoms with Crippen LogP contribution in [0, 0.1) is 0 Å². The maximum Gasteiger partial charge on any atom is 0.221 e. The van der Waals surface area contributed by atoms with Crippen molar-refractivity contribution >= 4 is 34.5 Å². The van der Waals surface area contributed by atoms with Gasteiger partial charge in [-0.25, -0.2) is 0 Å². The number of carbonyl (C=O) groups excluding carboxylic acids is 1. The monoisotopic (exact) mass is 436 g/mol. The second-order valence-corrected chi connectivity index (χ2v) is 8.39. The van der Waals surface area contributed by atoms with Crippen molar-refractivity contribution in [3.8, 4) is 32.6 Å². The first kappa shape index (κ1) is 18.8. The molecule has 8 heteroatoms. The fourth-order valence-corrected chi connectivity index (χ4v) is 5.01. The van der Waals surface area contributed by atoms with Crippen molar-refractivity contribution in [2.24, 2.45) is 0 Å². The van der Waals surface area contributed by atoms with Crippen molar-refractivity contribution in [1.82, 2.24) is 14.8 Å². The van der Waals surface area contributed by atoms with Crippen LogP contribution in [0.3, 0.4) is 0 Å². The van der Waals surface area contributed by atoms with E-state index in [1.807, 2.05) is 47.0 Å². The zero-order chi connectivity index (χ0) is 20.7. The number of aromatic nitrogens is 3. The van der Waals surface area contributed by atoms with E-state index in [2.05, 4.69) is 21.6 Å². The summed E-state index contributed by atoms with van der Waals surface area (Å²) >= 11 is 8.05. The van der Waals surface area contributed by atoms with Gasteiger partial charge in [0.25, 0.3) is 0 Å². The first-order chi connectivity index (χ1) is 14.6. The Kier molecular flexibility index (Phi) is 4.77. The third-order valence-corrected chi connectivity index (χ3v) is 6.39. The molecule has 30 heavy (non-hydrogen) atoms. The van der Waals surface area contributed by atoms with E-state index in [0.717, 1.165) is 44.7 Å². The van der Waals surface area contributed by atoms with Crippen molar-refractivity contribution in [1.29, 1.82) is 0 Å². The first-order valence-electron chi connectivity index (χ1n) is 9.43. The van der Waals surface area contributed by atoms with Crippen molar-refractivity contribution < 1.29 is 9.53 Å². The maximum absolute atomic E-state index is 11.4. The van der Waals surface area contributed by atoms with Gasteiger partial charge in [0.2, 0.25) is 5.91 Å². The highest BCUT2D eigenvalue weighted by atomic mass is 35.5. The fraction of sp³-hybridized carbons (Fsp3) is 0.136. The summed E-state index contributed by atoms with van der Waals surface area (Å²) in [5.74, 6) is 1.40. The zero-order valence-corrected chi connectivity index (χ0v) is 17.6. The highest BCUT2D eigenvalue weighted by Gasteiger charge is 2.22. The molecule has 0 unspecified atom stereocenters. The number of fused-ring (bicyclic) bond motifs is 3. The van der Waals surface area contributed by atoms with Crippen molar-refractivity contribution in [3.63, 3.8) is 0 Å². The minimum absolute atomic E-state index is 0.110. The van der Waals surface area contributed by atoms with E-state index in [4.69, 9.17) is 16.3 Å². The van der Waals surface area contributed by atoms with Gasteiger partial charge in [0.15, 0.2) is 5.82 Å². The van der Waals surface area contributed by atoms with E-state index in [-0.39, 0.29) is 5.91 Å². The van der Waals surface area contributed by atoms with Gasteiger partial charge in [0.1, 0.15) is 12.1 Å². The molecule has 150 valence electrons. The van der Waals surface area contributed by atoms with Crippen LogP contribution in [0.2, 0.25) is 5.02 Å². The van der Waals surface area contributed by atoms with E-state index in [1.54, 1.807) is 17.7 Å². The van der Waals surface area contributed by atoms with Crippen LogP contribution in [-0.2, 0) is 11.2 Å². The van der Waals surface area contributed by atoms with E-state index < -0.39 is 0 Å². The Morgan fingerprint density at radius 2 is 2.10 bits per heavy atom. The van der Waals surface area contributed by atoms with E-state index >= 15 is 0 Å². The quantitative estimate of drug-likeness (QED) is 0.478. The van der Waals surface area contributed by atoms with E-state index in [9.17, 15) is 4.79 Å². The molecule has 0 spiro atoms. The number of ether oxygens (including phenoxy) is 1. The Labute approximate surface area is 182 Å². The van der Waals surface area contributed by atoms with E-state index in [0.29, 0.717) is 11.6 Å². The number of carbonyl (C=O) groups is 1. The molecule has 0 bridgehead atoms. The Hall–Kier alpha value is -3.16. The predicted molar refractivity (Wildman–Crippen MR) is 119 cm³/mol. The minimum atomic E-state index is -0.110. The second-order valence-electron chi connectivity index (χ2n) is 6.93. The lowest BCUT2D eigenvalue weighted by atomic mass is 10.1. The number of benzene rings is 2. The lowest BCUT2D eigenvalue weighted by Gasteiger charge is -2.10. The van der Waals surface area contributed by atoms with Crippen LogP contribution >= 0.6 is 22.9 Å². The van der Waals surface area contributed by atoms with Gasteiger partial charge in [-0.3, -0.25) is 9.36 Å². The van der Waals surface area contributed by atoms with Crippen molar-refractivity contribution in [2.45, 2.75) is 13.3 Å². The van der Waals surface area contributed by atoms with Crippen LogP contribution in [0.25, 0.3) is 26.8 Å². The molecule has 4 aromatic rings. The number of hydrogen-bond acceptors (Lipinski definition) is 5. The number of nitrogens with zero attached hydrogens (tertiary/aromatic N) is 3. The SMILES string of the molecule is CC(=O)Nc1ccc2c(c1)OCCc1cc(-c3nncn3-c3ccccc3Cl)sc1-2. The second kappa shape index (κ2) is 7.59. The lowest BCUT2D eigenvalue weighted by molar-refractivity contribution is -0.114. The van der Waals surface area contributed by atoms with Gasteiger partial charge < -0.3 is 10.1 Å². The summed E-state index contributed by atoms with van der Waals surface area (Å²) in [5, 5.41) is 11.9. The molecule has 1 aliphatic rings. The van der Waals surface area contributed by atoms with Crippen LogP contribution in [0.5, 0.6) is 5.75 Å². The highest BCUT2D eigenvalue weighted by molar-refractivity contribution is 7.19. The van der Waals surface area contributed by atoms with Gasteiger partial charge in [-0.15, -0.1) is 21.5 Å². The Morgan fingerprint density at radius 3 is 2.93 bits per heavy atom. The minimum Gasteiger partial charge on any atom is -0.492 e. The number of halogens is 1. The largest absolute Gasteiger partial charge is 0.492 e. The lowest BCUT2D eigenvalue weighted by Crippen LogP contribution is -2.06. The molecular weight excluding hydrogens is 420 g/mol. The van der Waals surface area contributed by atoms with Crippen LogP contribution in [-0.4, -0.2) is 27.3 Å². The molecule has 0 radical (unpaired) electrons. The molecule has 2 aromatic heterocycles. The van der Waals surface area contributed by atoms with Gasteiger partial charge in [-0.1, -0.05) is 23.7 Å². The molecule has 0 atom stereocenters. The summed E-state index contributed by atoms with van der Waals surface area (Å²) in [7, 11) is 0. The number of nitrogens with one attached hydrogen (secondary N) is 1. The molecule has 2 aromatic carbocycles. The van der Waals surface area contributed by atoms with E-state index in [1.165, 1.54) is 12.5 Å². The van der Waals surface area contributed by atoms with Gasteiger partial charge in [-0.05, 0) is 35.9 Å². The van der Waals surface area contributed by atoms with Crippen LogP contribution < -0.4 is 10.1 Å². The zero-order valence-electron chi connectivity index (χ0n) is 16.1. The van der Waals surface area contributed by atoms with Crippen molar-refractivity contribution in [3.05, 3.63) is 65.4 Å². The van der Waals surface area contributed by atoms with Gasteiger partial charge >= 0.3 is 0 Å². The number of para-hydroxylation sites is 1. The summed E-state index contributed by atoms with van der Waals surface area (Å²) in [6.45, 7) is 2.06. The Bertz CT molecular complexity index is 1260. The summed E-state index contributed by atoms with van der Waals surface area (Å²) < 4.78 is 7.86. The molecule has 3 heterocycles. The highest BCUT2D eigenvalue weighted by Crippen LogP contribution is 2.44. The number of amides is 1. The molecule has 0 fully saturated rings. The standard InChI is InChI=1S/C22H17ClN4O2S/c1-13(28)25-15-6-7-16-19(11-15)29-9-8-14-10-20(30-21(14)16)22-26-24-12-27(22)18-5-3-2-4-17(18)23/h2-7,10-12H,8-9H2,1H3,(H,25,28). The molecule has 6 nitrogen and oxygen atoms in total. The number of thiophene rings is 1. The molecule has 0 aliphatic carbocycles. The summed E-state index contributed by atoms with van der Waals surface area (Å²) in [6.07, 6.45) is 2.47. The third kappa shape index (κ3) is 3.36. The molecule has 1 aliphatic heterocycles. The molecule has 0 saturated heterocycles. The average Bonchev–Trinajstić information content (AvgIpc) is 3.32. The topological polar surface area (TPSA) is 69.0 Å². The maximum atomic E-state index is 11.4. The average molecular weight is 437 g/mol. The molecule has 5 rings (SSSR count). The number of hydrogen-bond donors (Lipinski definition) is 1. The Balaban J connectivity index is 1.59. The summed E-state index contributed by atoms with van der Waals surface area (Å²) in [6, 6.07) is 15.5. The van der Waals surface area contributed by atoms with Gasteiger partial charge in [0.05, 0.1) is 22.2 Å². The van der Waals surface area contributed by atoms with Crippen LogP contribution in [0.15, 0.2) is 54.9 Å². The van der Waals surface area contributed by atoms with Crippen LogP contribution in [0.4, 0.5) is 5.69 Å². The van der Waals surface area contributed by atoms with Crippen molar-refractivity contribution in [2.75, 3.05) is 11.9 Å². The molecule has 1 amide bonds. The first-order valence-corrected chi connectivity index (χ1v) is 10.6. The fourth-order valence-electron chi connectivity index (χ4n) is 3.56. The van der Waals surface area contributed by atoms with Crippen LogP contribution in [0.1, 0.15) is 12.5 Å². The van der Waals surface area contributed by atoms with Gasteiger partial charge in [-0.2, -0.15) is 0 Å². The smallest absolute Gasteiger partial charge is 0.221 e.